The zero-order valence-electron chi connectivity index (χ0n) is 66.2. The van der Waals surface area contributed by atoms with Crippen LogP contribution in [0.3, 0.4) is 0 Å². The zero-order valence-corrected chi connectivity index (χ0v) is 68.0. The average molecular weight is 1480 g/mol. The summed E-state index contributed by atoms with van der Waals surface area (Å²) in [7, 11) is -9.92. The molecule has 3 N–H and O–H groups in total. The van der Waals surface area contributed by atoms with Crippen molar-refractivity contribution in [2.24, 2.45) is 11.8 Å². The fourth-order valence-corrected chi connectivity index (χ4v) is 14.3. The van der Waals surface area contributed by atoms with Crippen LogP contribution in [-0.4, -0.2) is 96.7 Å². The van der Waals surface area contributed by atoms with Gasteiger partial charge >= 0.3 is 39.5 Å². The maximum Gasteiger partial charge on any atom is 0.472 e. The Hall–Kier alpha value is -1.94. The fourth-order valence-electron chi connectivity index (χ4n) is 12.7. The molecule has 0 spiro atoms. The van der Waals surface area contributed by atoms with Crippen LogP contribution in [0.25, 0.3) is 0 Å². The van der Waals surface area contributed by atoms with Crippen molar-refractivity contribution in [2.45, 2.75) is 452 Å². The Labute approximate surface area is 619 Å². The molecule has 600 valence electrons. The molecule has 101 heavy (non-hydrogen) atoms. The largest absolute Gasteiger partial charge is 0.472 e. The third-order valence-corrected chi connectivity index (χ3v) is 21.5. The number of carbonyl (C=O) groups is 4. The van der Waals surface area contributed by atoms with Gasteiger partial charge in [-0.2, -0.15) is 0 Å². The average Bonchev–Trinajstić information content (AvgIpc) is 0.922. The topological polar surface area (TPSA) is 237 Å². The first kappa shape index (κ1) is 99.1. The Bertz CT molecular complexity index is 1940. The Balaban J connectivity index is 5.24. The Kier molecular flexibility index (Phi) is 72.2. The van der Waals surface area contributed by atoms with Crippen LogP contribution in [0.15, 0.2) is 0 Å². The molecule has 19 heteroatoms. The van der Waals surface area contributed by atoms with Crippen molar-refractivity contribution in [1.29, 1.82) is 0 Å². The van der Waals surface area contributed by atoms with Crippen LogP contribution >= 0.6 is 15.6 Å². The van der Waals surface area contributed by atoms with Crippen LogP contribution in [0.1, 0.15) is 433 Å². The molecule has 6 atom stereocenters. The summed E-state index contributed by atoms with van der Waals surface area (Å²) in [5.74, 6) is -0.495. The number of unbranched alkanes of at least 4 members (excludes halogenated alkanes) is 50. The quantitative estimate of drug-likeness (QED) is 0.0222. The van der Waals surface area contributed by atoms with Gasteiger partial charge < -0.3 is 33.8 Å². The maximum atomic E-state index is 13.1. The van der Waals surface area contributed by atoms with Gasteiger partial charge in [-0.05, 0) is 37.5 Å². The van der Waals surface area contributed by atoms with E-state index >= 15 is 0 Å². The number of rotatable bonds is 81. The highest BCUT2D eigenvalue weighted by atomic mass is 31.2. The van der Waals surface area contributed by atoms with Crippen LogP contribution in [-0.2, 0) is 65.4 Å². The first-order valence-corrected chi connectivity index (χ1v) is 45.5. The summed E-state index contributed by atoms with van der Waals surface area (Å²) < 4.78 is 68.7. The summed E-state index contributed by atoms with van der Waals surface area (Å²) in [6.45, 7) is 9.69. The number of hydrogen-bond acceptors (Lipinski definition) is 15. The van der Waals surface area contributed by atoms with E-state index < -0.39 is 97.5 Å². The summed E-state index contributed by atoms with van der Waals surface area (Å²) in [5.41, 5.74) is 0. The lowest BCUT2D eigenvalue weighted by Crippen LogP contribution is -2.30. The predicted octanol–water partition coefficient (Wildman–Crippen LogP) is 24.7. The van der Waals surface area contributed by atoms with Gasteiger partial charge in [-0.3, -0.25) is 37.3 Å². The minimum atomic E-state index is -4.96. The molecule has 0 rings (SSSR count). The van der Waals surface area contributed by atoms with E-state index in [0.717, 1.165) is 102 Å². The molecule has 0 bridgehead atoms. The van der Waals surface area contributed by atoms with Gasteiger partial charge in [0.1, 0.15) is 19.3 Å². The van der Waals surface area contributed by atoms with Crippen LogP contribution in [0.4, 0.5) is 0 Å². The lowest BCUT2D eigenvalue weighted by molar-refractivity contribution is -0.161. The monoisotopic (exact) mass is 1480 g/mol. The van der Waals surface area contributed by atoms with Crippen molar-refractivity contribution in [3.05, 3.63) is 0 Å². The number of carbonyl (C=O) groups excluding carboxylic acids is 4. The lowest BCUT2D eigenvalue weighted by atomic mass is 9.99. The van der Waals surface area contributed by atoms with Crippen molar-refractivity contribution < 1.29 is 80.2 Å². The second-order valence-electron chi connectivity index (χ2n) is 30.2. The SMILES string of the molecule is CCCCCCCCCCCCCCCCCCCCC(=O)OC[C@H](COP(=O)(O)OC[C@@H](O)COP(=O)(O)OC[C@@H](COC(=O)CCCCCCCCCCCC)OC(=O)CCCCCCCCCCCCC(C)CC)OC(=O)CCCCCCCCCCCCCCCCCCC(C)C. The van der Waals surface area contributed by atoms with Gasteiger partial charge in [0.2, 0.25) is 0 Å². The third kappa shape index (κ3) is 74.7. The van der Waals surface area contributed by atoms with E-state index in [-0.39, 0.29) is 25.7 Å². The molecule has 0 aromatic carbocycles. The van der Waals surface area contributed by atoms with Gasteiger partial charge in [-0.15, -0.1) is 0 Å². The second kappa shape index (κ2) is 73.6. The summed E-state index contributed by atoms with van der Waals surface area (Å²) in [6.07, 6.45) is 63.7. The number of phosphoric acid groups is 2. The minimum Gasteiger partial charge on any atom is -0.462 e. The minimum absolute atomic E-state index is 0.107. The fraction of sp³-hybridized carbons (Fsp3) is 0.951. The van der Waals surface area contributed by atoms with E-state index in [4.69, 9.17) is 37.0 Å². The van der Waals surface area contributed by atoms with Gasteiger partial charge in [-0.1, -0.05) is 382 Å². The van der Waals surface area contributed by atoms with Crippen LogP contribution in [0.2, 0.25) is 0 Å². The van der Waals surface area contributed by atoms with Crippen LogP contribution < -0.4 is 0 Å². The molecule has 0 aromatic rings. The molecule has 0 saturated carbocycles. The van der Waals surface area contributed by atoms with E-state index in [2.05, 4.69) is 41.5 Å². The Morgan fingerprint density at radius 1 is 0.287 bits per heavy atom. The number of phosphoric ester groups is 2. The van der Waals surface area contributed by atoms with E-state index in [1.165, 1.54) is 250 Å². The van der Waals surface area contributed by atoms with Crippen molar-refractivity contribution in [2.75, 3.05) is 39.6 Å². The van der Waals surface area contributed by atoms with Crippen molar-refractivity contribution in [1.82, 2.24) is 0 Å². The van der Waals surface area contributed by atoms with E-state index in [9.17, 15) is 43.2 Å². The van der Waals surface area contributed by atoms with E-state index in [1.54, 1.807) is 0 Å². The van der Waals surface area contributed by atoms with Crippen LogP contribution in [0.5, 0.6) is 0 Å². The molecular formula is C82H160O17P2. The maximum absolute atomic E-state index is 13.1. The molecule has 0 aliphatic rings. The van der Waals surface area contributed by atoms with Gasteiger partial charge in [0.15, 0.2) is 12.2 Å². The summed E-state index contributed by atoms with van der Waals surface area (Å²) >= 11 is 0. The first-order valence-electron chi connectivity index (χ1n) is 42.5. The molecule has 0 radical (unpaired) electrons. The molecule has 17 nitrogen and oxygen atoms in total. The van der Waals surface area contributed by atoms with Gasteiger partial charge in [0, 0.05) is 25.7 Å². The molecule has 0 fully saturated rings. The van der Waals surface area contributed by atoms with Crippen molar-refractivity contribution in [3.63, 3.8) is 0 Å². The summed E-state index contributed by atoms with van der Waals surface area (Å²) in [4.78, 5) is 73.1. The molecule has 0 aliphatic heterocycles. The van der Waals surface area contributed by atoms with Gasteiger partial charge in [0.05, 0.1) is 26.4 Å². The molecule has 0 heterocycles. The lowest BCUT2D eigenvalue weighted by Gasteiger charge is -2.21. The normalized spacial score (nSPS) is 14.2. The predicted molar refractivity (Wildman–Crippen MR) is 414 cm³/mol. The van der Waals surface area contributed by atoms with Gasteiger partial charge in [0.25, 0.3) is 0 Å². The Morgan fingerprint density at radius 2 is 0.505 bits per heavy atom. The third-order valence-electron chi connectivity index (χ3n) is 19.6. The zero-order chi connectivity index (χ0) is 74.2. The smallest absolute Gasteiger partial charge is 0.462 e. The number of aliphatic hydroxyl groups is 1. The number of ether oxygens (including phenoxy) is 4. The molecule has 0 aliphatic carbocycles. The van der Waals surface area contributed by atoms with Crippen molar-refractivity contribution in [3.8, 4) is 0 Å². The first-order chi connectivity index (χ1) is 48.9. The highest BCUT2D eigenvalue weighted by Crippen LogP contribution is 2.45. The van der Waals surface area contributed by atoms with E-state index in [1.807, 2.05) is 0 Å². The standard InChI is InChI=1S/C82H160O17P2/c1-7-10-12-14-16-18-20-21-22-23-24-28-31-34-41-47-53-59-65-80(85)93-71-78(98-81(86)66-60-54-48-42-35-32-29-26-25-27-30-33-38-44-50-56-62-74(4)5)73-97-101(90,91)95-69-76(83)68-94-100(88,89)96-72-77(70-92-79(84)64-58-52-46-40-19-17-15-13-11-8-2)99-82(87)67-61-55-49-43-37-36-39-45-51-57-63-75(6)9-3/h74-78,83H,7-73H2,1-6H3,(H,88,89)(H,90,91)/t75?,76-,77+,78+/m0/s1. The highest BCUT2D eigenvalue weighted by Gasteiger charge is 2.30. The molecule has 0 saturated heterocycles. The van der Waals surface area contributed by atoms with Crippen LogP contribution in [0, 0.1) is 11.8 Å². The molecule has 3 unspecified atom stereocenters. The summed E-state index contributed by atoms with van der Waals surface area (Å²) in [6, 6.07) is 0. The molecular weight excluding hydrogens is 1320 g/mol. The summed E-state index contributed by atoms with van der Waals surface area (Å²) in [5, 5.41) is 10.6. The Morgan fingerprint density at radius 3 is 0.752 bits per heavy atom. The molecule has 0 aromatic heterocycles. The van der Waals surface area contributed by atoms with Crippen molar-refractivity contribution >= 4 is 39.5 Å². The number of hydrogen-bond donors (Lipinski definition) is 3. The van der Waals surface area contributed by atoms with E-state index in [0.29, 0.717) is 25.7 Å². The number of esters is 4. The highest BCUT2D eigenvalue weighted by molar-refractivity contribution is 7.47. The van der Waals surface area contributed by atoms with Gasteiger partial charge in [-0.25, -0.2) is 9.13 Å². The molecule has 0 amide bonds. The number of aliphatic hydroxyl groups excluding tert-OH is 1. The second-order valence-corrected chi connectivity index (χ2v) is 33.1.